The number of imidazole rings is 1. The summed E-state index contributed by atoms with van der Waals surface area (Å²) < 4.78 is 13.1. The van der Waals surface area contributed by atoms with E-state index in [0.29, 0.717) is 0 Å². The highest BCUT2D eigenvalue weighted by molar-refractivity contribution is 5.74. The van der Waals surface area contributed by atoms with E-state index in [9.17, 15) is 0 Å². The summed E-state index contributed by atoms with van der Waals surface area (Å²) >= 11 is 0. The second-order valence-corrected chi connectivity index (χ2v) is 6.26. The normalized spacial score (nSPS) is 16.8. The molecule has 24 heavy (non-hydrogen) atoms. The molecule has 5 nitrogen and oxygen atoms in total. The highest BCUT2D eigenvalue weighted by atomic mass is 16.5. The third kappa shape index (κ3) is 2.61. The quantitative estimate of drug-likeness (QED) is 0.793. The van der Waals surface area contributed by atoms with E-state index >= 15 is 0 Å². The number of methoxy groups -OCH3 is 2. The lowest BCUT2D eigenvalue weighted by Gasteiger charge is -2.27. The van der Waals surface area contributed by atoms with Crippen molar-refractivity contribution in [1.82, 2.24) is 9.55 Å². The maximum Gasteiger partial charge on any atom is 0.161 e. The minimum absolute atomic E-state index is 0.811. The zero-order chi connectivity index (χ0) is 16.5. The molecular formula is C19H22N3O2+. The number of nitrogens with zero attached hydrogens (tertiary/aromatic N) is 2. The van der Waals surface area contributed by atoms with Gasteiger partial charge >= 0.3 is 0 Å². The predicted molar refractivity (Wildman–Crippen MR) is 92.5 cm³/mol. The van der Waals surface area contributed by atoms with Gasteiger partial charge in [0.05, 0.1) is 31.8 Å². The lowest BCUT2D eigenvalue weighted by molar-refractivity contribution is -0.938. The molecule has 0 saturated carbocycles. The highest BCUT2D eigenvalue weighted by Gasteiger charge is 2.22. The first kappa shape index (κ1) is 15.0. The molecule has 0 amide bonds. The zero-order valence-corrected chi connectivity index (χ0v) is 14.1. The molecule has 0 saturated heterocycles. The van der Waals surface area contributed by atoms with Crippen molar-refractivity contribution < 1.29 is 14.4 Å². The number of ether oxygens (including phenoxy) is 2. The predicted octanol–water partition coefficient (Wildman–Crippen LogP) is 1.65. The Labute approximate surface area is 141 Å². The fraction of sp³-hybridized carbons (Fsp3) is 0.316. The van der Waals surface area contributed by atoms with Crippen LogP contribution in [0.15, 0.2) is 42.7 Å². The molecule has 1 atom stereocenters. The van der Waals surface area contributed by atoms with Crippen molar-refractivity contribution in [3.8, 4) is 11.5 Å². The minimum atomic E-state index is 0.811. The van der Waals surface area contributed by atoms with Crippen LogP contribution in [-0.2, 0) is 19.6 Å². The SMILES string of the molecule is COc1cc2c(cc1OC)C[NH+](Cn1cnc3ccccc31)CC2. The summed E-state index contributed by atoms with van der Waals surface area (Å²) in [5.41, 5.74) is 4.97. The van der Waals surface area contributed by atoms with Gasteiger partial charge in [0.2, 0.25) is 0 Å². The Hall–Kier alpha value is -2.53. The molecule has 0 spiro atoms. The largest absolute Gasteiger partial charge is 0.493 e. The maximum absolute atomic E-state index is 5.45. The summed E-state index contributed by atoms with van der Waals surface area (Å²) in [6, 6.07) is 12.5. The van der Waals surface area contributed by atoms with Crippen LogP contribution in [0.1, 0.15) is 11.1 Å². The smallest absolute Gasteiger partial charge is 0.161 e. The second-order valence-electron chi connectivity index (χ2n) is 6.26. The second kappa shape index (κ2) is 6.17. The first-order valence-electron chi connectivity index (χ1n) is 8.25. The van der Waals surface area contributed by atoms with Gasteiger partial charge in [-0.1, -0.05) is 12.1 Å². The molecule has 2 aromatic carbocycles. The number of hydrogen-bond donors (Lipinski definition) is 1. The first-order valence-corrected chi connectivity index (χ1v) is 8.25. The van der Waals surface area contributed by atoms with E-state index in [-0.39, 0.29) is 0 Å². The van der Waals surface area contributed by atoms with Crippen LogP contribution in [0.3, 0.4) is 0 Å². The number of hydrogen-bond acceptors (Lipinski definition) is 3. The molecule has 1 aliphatic heterocycles. The van der Waals surface area contributed by atoms with E-state index in [1.54, 1.807) is 14.2 Å². The van der Waals surface area contributed by atoms with Crippen LogP contribution in [0.5, 0.6) is 11.5 Å². The zero-order valence-electron chi connectivity index (χ0n) is 14.1. The van der Waals surface area contributed by atoms with Gasteiger partial charge in [0.1, 0.15) is 12.9 Å². The summed E-state index contributed by atoms with van der Waals surface area (Å²) in [5.74, 6) is 1.63. The molecule has 1 N–H and O–H groups in total. The van der Waals surface area contributed by atoms with Crippen molar-refractivity contribution in [2.75, 3.05) is 20.8 Å². The topological polar surface area (TPSA) is 40.7 Å². The molecule has 1 unspecified atom stereocenters. The van der Waals surface area contributed by atoms with Crippen molar-refractivity contribution in [3.05, 3.63) is 53.9 Å². The van der Waals surface area contributed by atoms with Crippen molar-refractivity contribution >= 4 is 11.0 Å². The van der Waals surface area contributed by atoms with E-state index in [0.717, 1.165) is 43.2 Å². The van der Waals surface area contributed by atoms with Crippen molar-refractivity contribution in [1.29, 1.82) is 0 Å². The Morgan fingerprint density at radius 2 is 1.83 bits per heavy atom. The van der Waals surface area contributed by atoms with Gasteiger partial charge in [-0.25, -0.2) is 4.98 Å². The average molecular weight is 324 g/mol. The molecule has 0 aliphatic carbocycles. The third-order valence-corrected chi connectivity index (χ3v) is 4.82. The van der Waals surface area contributed by atoms with Crippen molar-refractivity contribution in [3.63, 3.8) is 0 Å². The number of benzene rings is 2. The third-order valence-electron chi connectivity index (χ3n) is 4.82. The molecular weight excluding hydrogens is 302 g/mol. The number of aromatic nitrogens is 2. The highest BCUT2D eigenvalue weighted by Crippen LogP contribution is 2.31. The molecule has 0 radical (unpaired) electrons. The van der Waals surface area contributed by atoms with E-state index in [4.69, 9.17) is 9.47 Å². The molecule has 2 heterocycles. The lowest BCUT2D eigenvalue weighted by Crippen LogP contribution is -3.11. The molecule has 1 aliphatic rings. The van der Waals surface area contributed by atoms with Crippen LogP contribution in [-0.4, -0.2) is 30.3 Å². The van der Waals surface area contributed by atoms with E-state index < -0.39 is 0 Å². The number of para-hydroxylation sites is 2. The van der Waals surface area contributed by atoms with Crippen LogP contribution in [0.25, 0.3) is 11.0 Å². The summed E-state index contributed by atoms with van der Waals surface area (Å²) in [5, 5.41) is 0. The first-order chi connectivity index (χ1) is 11.8. The number of nitrogens with one attached hydrogen (secondary N) is 1. The molecule has 3 aromatic rings. The standard InChI is InChI=1S/C19H21N3O2/c1-23-18-9-14-7-8-21(11-15(14)10-19(18)24-2)13-22-12-20-16-5-3-4-6-17(16)22/h3-6,9-10,12H,7-8,11,13H2,1-2H3/p+1. The number of fused-ring (bicyclic) bond motifs is 2. The van der Waals surface area contributed by atoms with Gasteiger partial charge in [0.25, 0.3) is 0 Å². The van der Waals surface area contributed by atoms with Crippen LogP contribution < -0.4 is 14.4 Å². The number of rotatable bonds is 4. The summed E-state index contributed by atoms with van der Waals surface area (Å²) in [7, 11) is 3.38. The van der Waals surface area contributed by atoms with Crippen LogP contribution >= 0.6 is 0 Å². The van der Waals surface area contributed by atoms with Gasteiger partial charge in [-0.05, 0) is 29.8 Å². The molecule has 1 aromatic heterocycles. The van der Waals surface area contributed by atoms with Gasteiger partial charge in [-0.15, -0.1) is 0 Å². The minimum Gasteiger partial charge on any atom is -0.493 e. The fourth-order valence-corrected chi connectivity index (χ4v) is 3.54. The molecule has 0 bridgehead atoms. The van der Waals surface area contributed by atoms with Gasteiger partial charge in [-0.3, -0.25) is 4.57 Å². The van der Waals surface area contributed by atoms with Crippen molar-refractivity contribution in [2.24, 2.45) is 0 Å². The Morgan fingerprint density at radius 1 is 1.08 bits per heavy atom. The Morgan fingerprint density at radius 3 is 2.62 bits per heavy atom. The van der Waals surface area contributed by atoms with E-state index in [1.807, 2.05) is 12.4 Å². The lowest BCUT2D eigenvalue weighted by atomic mass is 9.99. The van der Waals surface area contributed by atoms with Crippen molar-refractivity contribution in [2.45, 2.75) is 19.6 Å². The molecule has 0 fully saturated rings. The van der Waals surface area contributed by atoms with Gasteiger partial charge < -0.3 is 14.4 Å². The Kier molecular flexibility index (Phi) is 3.86. The maximum atomic E-state index is 5.45. The van der Waals surface area contributed by atoms with Crippen LogP contribution in [0, 0.1) is 0 Å². The Balaban J connectivity index is 1.58. The Bertz CT molecular complexity index is 872. The van der Waals surface area contributed by atoms with Crippen LogP contribution in [0.4, 0.5) is 0 Å². The summed E-state index contributed by atoms with van der Waals surface area (Å²) in [6.07, 6.45) is 3.00. The monoisotopic (exact) mass is 324 g/mol. The molecule has 5 heteroatoms. The fourth-order valence-electron chi connectivity index (χ4n) is 3.54. The molecule has 4 rings (SSSR count). The molecule has 124 valence electrons. The summed E-state index contributed by atoms with van der Waals surface area (Å²) in [4.78, 5) is 6.02. The summed E-state index contributed by atoms with van der Waals surface area (Å²) in [6.45, 7) is 3.02. The van der Waals surface area contributed by atoms with E-state index in [1.165, 1.54) is 21.5 Å². The van der Waals surface area contributed by atoms with Gasteiger partial charge in [0, 0.05) is 12.0 Å². The van der Waals surface area contributed by atoms with Crippen LogP contribution in [0.2, 0.25) is 0 Å². The van der Waals surface area contributed by atoms with Gasteiger partial charge in [-0.2, -0.15) is 0 Å². The van der Waals surface area contributed by atoms with E-state index in [2.05, 4.69) is 39.9 Å². The average Bonchev–Trinajstić information content (AvgIpc) is 3.03. The number of quaternary nitrogens is 1. The van der Waals surface area contributed by atoms with Gasteiger partial charge in [0.15, 0.2) is 18.2 Å².